The molecule has 0 spiro atoms. The molecule has 1 aromatic rings. The van der Waals surface area contributed by atoms with E-state index in [9.17, 15) is 0 Å². The number of hydrogen-bond acceptors (Lipinski definition) is 2. The molecule has 1 N–H and O–H groups in total. The fourth-order valence-electron chi connectivity index (χ4n) is 2.11. The summed E-state index contributed by atoms with van der Waals surface area (Å²) in [6.45, 7) is 3.48. The van der Waals surface area contributed by atoms with Crippen LogP contribution in [0.25, 0.3) is 0 Å². The number of thiophene rings is 1. The van der Waals surface area contributed by atoms with Gasteiger partial charge in [0, 0.05) is 9.35 Å². The minimum Gasteiger partial charge on any atom is -0.307 e. The molecule has 78 valence electrons. The van der Waals surface area contributed by atoms with Crippen molar-refractivity contribution in [1.82, 2.24) is 5.32 Å². The van der Waals surface area contributed by atoms with E-state index >= 15 is 0 Å². The molecule has 2 heterocycles. The first-order valence-corrected chi connectivity index (χ1v) is 6.88. The summed E-state index contributed by atoms with van der Waals surface area (Å²) in [5, 5.41) is 5.85. The van der Waals surface area contributed by atoms with Crippen molar-refractivity contribution in [1.29, 1.82) is 0 Å². The lowest BCUT2D eigenvalue weighted by molar-refractivity contribution is 0.365. The molecule has 0 amide bonds. The highest BCUT2D eigenvalue weighted by Crippen LogP contribution is 2.37. The van der Waals surface area contributed by atoms with Crippen molar-refractivity contribution in [2.75, 3.05) is 6.54 Å². The molecule has 3 heteroatoms. The topological polar surface area (TPSA) is 12.0 Å². The van der Waals surface area contributed by atoms with Crippen molar-refractivity contribution in [2.24, 2.45) is 0 Å². The third-order valence-corrected chi connectivity index (χ3v) is 5.09. The summed E-state index contributed by atoms with van der Waals surface area (Å²) < 4.78 is 1.26. The molecule has 0 bridgehead atoms. The van der Waals surface area contributed by atoms with Crippen LogP contribution in [0.1, 0.15) is 37.5 Å². The van der Waals surface area contributed by atoms with E-state index < -0.39 is 0 Å². The zero-order valence-corrected chi connectivity index (χ0v) is 10.9. The Hall–Kier alpha value is 0.140. The van der Waals surface area contributed by atoms with Crippen LogP contribution < -0.4 is 5.32 Å². The lowest BCUT2D eigenvalue weighted by Gasteiger charge is -2.28. The van der Waals surface area contributed by atoms with Crippen molar-refractivity contribution >= 4 is 27.3 Å². The maximum absolute atomic E-state index is 3.68. The fourth-order valence-corrected chi connectivity index (χ4v) is 4.09. The lowest BCUT2D eigenvalue weighted by Crippen LogP contribution is -2.38. The summed E-state index contributed by atoms with van der Waals surface area (Å²) in [6.07, 6.45) is 5.28. The number of nitrogens with one attached hydrogen (secondary N) is 1. The van der Waals surface area contributed by atoms with Crippen LogP contribution in [0.3, 0.4) is 0 Å². The number of rotatable bonds is 1. The van der Waals surface area contributed by atoms with Gasteiger partial charge in [0.15, 0.2) is 0 Å². The van der Waals surface area contributed by atoms with E-state index in [4.69, 9.17) is 0 Å². The zero-order valence-electron chi connectivity index (χ0n) is 8.48. The molecule has 1 aromatic heterocycles. The van der Waals surface area contributed by atoms with E-state index in [0.717, 1.165) is 6.54 Å². The fraction of sp³-hybridized carbons (Fsp3) is 0.636. The Labute approximate surface area is 98.0 Å². The first-order valence-electron chi connectivity index (χ1n) is 5.21. The average molecular weight is 274 g/mol. The molecular formula is C11H16BrNS. The highest BCUT2D eigenvalue weighted by molar-refractivity contribution is 9.10. The predicted molar refractivity (Wildman–Crippen MR) is 65.8 cm³/mol. The monoisotopic (exact) mass is 273 g/mol. The van der Waals surface area contributed by atoms with Gasteiger partial charge < -0.3 is 5.32 Å². The van der Waals surface area contributed by atoms with Crippen LogP contribution in [0.15, 0.2) is 15.9 Å². The van der Waals surface area contributed by atoms with Gasteiger partial charge in [0.2, 0.25) is 0 Å². The van der Waals surface area contributed by atoms with E-state index in [0.29, 0.717) is 0 Å². The Morgan fingerprint density at radius 1 is 1.43 bits per heavy atom. The summed E-state index contributed by atoms with van der Waals surface area (Å²) in [4.78, 5) is 1.46. The first kappa shape index (κ1) is 10.7. The molecule has 1 atom stereocenters. The van der Waals surface area contributed by atoms with Crippen molar-refractivity contribution in [3.8, 4) is 0 Å². The molecule has 0 radical (unpaired) electrons. The standard InChI is InChI=1S/C11H16BrNS/c1-11(6-3-2-4-7-13-11)10-9(12)5-8-14-10/h5,8,13H,2-4,6-7H2,1H3. The SMILES string of the molecule is CC1(c2sccc2Br)CCCCCN1. The van der Waals surface area contributed by atoms with E-state index in [2.05, 4.69) is 39.6 Å². The van der Waals surface area contributed by atoms with Crippen LogP contribution in [-0.2, 0) is 5.54 Å². The largest absolute Gasteiger partial charge is 0.307 e. The molecule has 0 aromatic carbocycles. The molecular weight excluding hydrogens is 258 g/mol. The summed E-state index contributed by atoms with van der Waals surface area (Å²) in [5.74, 6) is 0. The molecule has 2 rings (SSSR count). The van der Waals surface area contributed by atoms with Gasteiger partial charge in [-0.15, -0.1) is 11.3 Å². The smallest absolute Gasteiger partial charge is 0.0511 e. The highest BCUT2D eigenvalue weighted by Gasteiger charge is 2.29. The zero-order chi connectivity index (χ0) is 10.0. The molecule has 1 aliphatic heterocycles. The van der Waals surface area contributed by atoms with E-state index in [-0.39, 0.29) is 5.54 Å². The Morgan fingerprint density at radius 2 is 2.29 bits per heavy atom. The molecule has 0 aliphatic carbocycles. The maximum atomic E-state index is 3.68. The molecule has 0 saturated carbocycles. The molecule has 14 heavy (non-hydrogen) atoms. The van der Waals surface area contributed by atoms with Crippen molar-refractivity contribution in [3.05, 3.63) is 20.8 Å². The van der Waals surface area contributed by atoms with Gasteiger partial charge in [-0.05, 0) is 53.7 Å². The number of halogens is 1. The second-order valence-corrected chi connectivity index (χ2v) is 5.94. The third-order valence-electron chi connectivity index (χ3n) is 2.99. The Balaban J connectivity index is 2.25. The van der Waals surface area contributed by atoms with E-state index in [1.807, 2.05) is 11.3 Å². The predicted octanol–water partition coefficient (Wildman–Crippen LogP) is 3.89. The van der Waals surface area contributed by atoms with Gasteiger partial charge in [-0.1, -0.05) is 12.8 Å². The Kier molecular flexibility index (Phi) is 3.30. The Bertz CT molecular complexity index is 300. The summed E-state index contributed by atoms with van der Waals surface area (Å²) in [6, 6.07) is 2.15. The second kappa shape index (κ2) is 4.33. The van der Waals surface area contributed by atoms with Gasteiger partial charge in [0.1, 0.15) is 0 Å². The lowest BCUT2D eigenvalue weighted by atomic mass is 9.94. The number of hydrogen-bond donors (Lipinski definition) is 1. The van der Waals surface area contributed by atoms with Gasteiger partial charge >= 0.3 is 0 Å². The molecule has 1 aliphatic rings. The molecule has 1 fully saturated rings. The van der Waals surface area contributed by atoms with Crippen molar-refractivity contribution in [3.63, 3.8) is 0 Å². The van der Waals surface area contributed by atoms with Crippen LogP contribution in [0, 0.1) is 0 Å². The molecule has 1 unspecified atom stereocenters. The molecule has 1 nitrogen and oxygen atoms in total. The van der Waals surface area contributed by atoms with E-state index in [1.54, 1.807) is 0 Å². The average Bonchev–Trinajstić information content (AvgIpc) is 2.46. The Morgan fingerprint density at radius 3 is 3.00 bits per heavy atom. The van der Waals surface area contributed by atoms with Gasteiger partial charge in [0.25, 0.3) is 0 Å². The van der Waals surface area contributed by atoms with Gasteiger partial charge in [0.05, 0.1) is 5.54 Å². The normalized spacial score (nSPS) is 28.7. The summed E-state index contributed by atoms with van der Waals surface area (Å²) in [7, 11) is 0. The summed E-state index contributed by atoms with van der Waals surface area (Å²) >= 11 is 5.49. The van der Waals surface area contributed by atoms with Crippen LogP contribution in [0.2, 0.25) is 0 Å². The second-order valence-electron chi connectivity index (χ2n) is 4.17. The third kappa shape index (κ3) is 2.05. The van der Waals surface area contributed by atoms with Crippen molar-refractivity contribution < 1.29 is 0 Å². The first-order chi connectivity index (χ1) is 6.72. The molecule has 1 saturated heterocycles. The highest BCUT2D eigenvalue weighted by atomic mass is 79.9. The van der Waals surface area contributed by atoms with Gasteiger partial charge in [-0.3, -0.25) is 0 Å². The van der Waals surface area contributed by atoms with Crippen molar-refractivity contribution in [2.45, 2.75) is 38.1 Å². The minimum absolute atomic E-state index is 0.198. The van der Waals surface area contributed by atoms with Gasteiger partial charge in [-0.2, -0.15) is 0 Å². The van der Waals surface area contributed by atoms with Crippen LogP contribution in [-0.4, -0.2) is 6.54 Å². The summed E-state index contributed by atoms with van der Waals surface area (Å²) in [5.41, 5.74) is 0.198. The van der Waals surface area contributed by atoms with Gasteiger partial charge in [-0.25, -0.2) is 0 Å². The maximum Gasteiger partial charge on any atom is 0.0511 e. The van der Waals surface area contributed by atoms with E-state index in [1.165, 1.54) is 35.0 Å². The van der Waals surface area contributed by atoms with Crippen LogP contribution >= 0.6 is 27.3 Å². The minimum atomic E-state index is 0.198. The van der Waals surface area contributed by atoms with Crippen LogP contribution in [0.4, 0.5) is 0 Å². The van der Waals surface area contributed by atoms with Crippen LogP contribution in [0.5, 0.6) is 0 Å². The quantitative estimate of drug-likeness (QED) is 0.819.